The van der Waals surface area contributed by atoms with Gasteiger partial charge in [-0.2, -0.15) is 0 Å². The fraction of sp³-hybridized carbons (Fsp3) is 0.167. The van der Waals surface area contributed by atoms with E-state index in [-0.39, 0.29) is 5.91 Å². The molecule has 1 amide bonds. The molecule has 0 saturated carbocycles. The molecule has 0 bridgehead atoms. The van der Waals surface area contributed by atoms with Gasteiger partial charge in [-0.15, -0.1) is 0 Å². The van der Waals surface area contributed by atoms with Gasteiger partial charge in [0.15, 0.2) is 0 Å². The van der Waals surface area contributed by atoms with Gasteiger partial charge in [-0.3, -0.25) is 4.79 Å². The van der Waals surface area contributed by atoms with Crippen LogP contribution in [0.5, 0.6) is 0 Å². The van der Waals surface area contributed by atoms with E-state index in [2.05, 4.69) is 35.1 Å². The minimum Gasteiger partial charge on any atom is -0.323 e. The van der Waals surface area contributed by atoms with Crippen LogP contribution < -0.4 is 5.32 Å². The third-order valence-electron chi connectivity index (χ3n) is 3.14. The lowest BCUT2D eigenvalue weighted by molar-refractivity contribution is -0.111. The lowest BCUT2D eigenvalue weighted by atomic mass is 10.0. The molecule has 0 aromatic heterocycles. The molecule has 2 aromatic rings. The fourth-order valence-electron chi connectivity index (χ4n) is 1.88. The van der Waals surface area contributed by atoms with E-state index in [0.717, 1.165) is 15.7 Å². The molecule has 0 radical (unpaired) electrons. The topological polar surface area (TPSA) is 29.1 Å². The van der Waals surface area contributed by atoms with Crippen LogP contribution in [0.1, 0.15) is 30.9 Å². The second-order valence-electron chi connectivity index (χ2n) is 5.15. The minimum absolute atomic E-state index is 0.129. The SMILES string of the molecule is CC(C)c1ccc(NC(=O)/C=C/c2ccc(Br)cc2)cc1. The lowest BCUT2D eigenvalue weighted by Crippen LogP contribution is -2.07. The number of hydrogen-bond donors (Lipinski definition) is 1. The quantitative estimate of drug-likeness (QED) is 0.757. The fourth-order valence-corrected chi connectivity index (χ4v) is 2.15. The Morgan fingerprint density at radius 3 is 2.24 bits per heavy atom. The van der Waals surface area contributed by atoms with Gasteiger partial charge in [-0.1, -0.05) is 54.0 Å². The Morgan fingerprint density at radius 2 is 1.67 bits per heavy atom. The van der Waals surface area contributed by atoms with Crippen LogP contribution in [-0.2, 0) is 4.79 Å². The molecule has 0 atom stereocenters. The van der Waals surface area contributed by atoms with Gasteiger partial charge < -0.3 is 5.32 Å². The van der Waals surface area contributed by atoms with E-state index in [1.807, 2.05) is 48.5 Å². The van der Waals surface area contributed by atoms with E-state index in [1.54, 1.807) is 12.2 Å². The van der Waals surface area contributed by atoms with Gasteiger partial charge in [0.25, 0.3) is 0 Å². The zero-order valence-electron chi connectivity index (χ0n) is 12.1. The maximum atomic E-state index is 11.9. The van der Waals surface area contributed by atoms with Crippen molar-refractivity contribution in [2.24, 2.45) is 0 Å². The highest BCUT2D eigenvalue weighted by Crippen LogP contribution is 2.17. The predicted molar refractivity (Wildman–Crippen MR) is 92.3 cm³/mol. The number of halogens is 1. The van der Waals surface area contributed by atoms with Gasteiger partial charge in [0.2, 0.25) is 5.91 Å². The van der Waals surface area contributed by atoms with E-state index < -0.39 is 0 Å². The summed E-state index contributed by atoms with van der Waals surface area (Å²) in [5.74, 6) is 0.363. The van der Waals surface area contributed by atoms with Gasteiger partial charge in [0.05, 0.1) is 0 Å². The summed E-state index contributed by atoms with van der Waals surface area (Å²) in [7, 11) is 0. The van der Waals surface area contributed by atoms with Gasteiger partial charge in [-0.25, -0.2) is 0 Å². The van der Waals surface area contributed by atoms with Crippen molar-refractivity contribution in [1.29, 1.82) is 0 Å². The van der Waals surface area contributed by atoms with Gasteiger partial charge in [0.1, 0.15) is 0 Å². The third kappa shape index (κ3) is 4.87. The van der Waals surface area contributed by atoms with Crippen molar-refractivity contribution in [3.8, 4) is 0 Å². The number of carbonyl (C=O) groups is 1. The largest absolute Gasteiger partial charge is 0.323 e. The Morgan fingerprint density at radius 1 is 1.05 bits per heavy atom. The van der Waals surface area contributed by atoms with Gasteiger partial charge >= 0.3 is 0 Å². The van der Waals surface area contributed by atoms with E-state index in [4.69, 9.17) is 0 Å². The first-order valence-electron chi connectivity index (χ1n) is 6.89. The molecule has 0 fully saturated rings. The Labute approximate surface area is 134 Å². The molecule has 2 nitrogen and oxygen atoms in total. The molecule has 0 aliphatic carbocycles. The molecule has 0 aliphatic heterocycles. The molecule has 108 valence electrons. The number of carbonyl (C=O) groups excluding carboxylic acids is 1. The van der Waals surface area contributed by atoms with Crippen molar-refractivity contribution in [2.75, 3.05) is 5.32 Å². The molecular weight excluding hydrogens is 326 g/mol. The molecule has 2 rings (SSSR count). The molecule has 0 unspecified atom stereocenters. The molecule has 2 aromatic carbocycles. The third-order valence-corrected chi connectivity index (χ3v) is 3.67. The van der Waals surface area contributed by atoms with E-state index in [0.29, 0.717) is 5.92 Å². The van der Waals surface area contributed by atoms with E-state index in [1.165, 1.54) is 5.56 Å². The molecule has 21 heavy (non-hydrogen) atoms. The molecule has 0 heterocycles. The Balaban J connectivity index is 1.96. The standard InChI is InChI=1S/C18H18BrNO/c1-13(2)15-6-10-17(11-7-15)20-18(21)12-5-14-3-8-16(19)9-4-14/h3-13H,1-2H3,(H,20,21)/b12-5+. The summed E-state index contributed by atoms with van der Waals surface area (Å²) in [6, 6.07) is 15.7. The van der Waals surface area contributed by atoms with Gasteiger partial charge in [0, 0.05) is 16.2 Å². The Bertz CT molecular complexity index is 627. The molecule has 0 saturated heterocycles. The van der Waals surface area contributed by atoms with Crippen molar-refractivity contribution >= 4 is 33.6 Å². The van der Waals surface area contributed by atoms with Crippen LogP contribution in [0.3, 0.4) is 0 Å². The molecule has 0 aliphatic rings. The highest BCUT2D eigenvalue weighted by atomic mass is 79.9. The first-order chi connectivity index (χ1) is 10.0. The number of amides is 1. The average molecular weight is 344 g/mol. The summed E-state index contributed by atoms with van der Waals surface area (Å²) in [6.45, 7) is 4.29. The van der Waals surface area contributed by atoms with Crippen LogP contribution in [0.4, 0.5) is 5.69 Å². The molecular formula is C18H18BrNO. The normalized spacial score (nSPS) is 11.0. The number of anilines is 1. The van der Waals surface area contributed by atoms with Crippen LogP contribution in [0.25, 0.3) is 6.08 Å². The maximum absolute atomic E-state index is 11.9. The second-order valence-corrected chi connectivity index (χ2v) is 6.07. The van der Waals surface area contributed by atoms with Crippen molar-refractivity contribution in [3.05, 3.63) is 70.2 Å². The van der Waals surface area contributed by atoms with Crippen LogP contribution in [-0.4, -0.2) is 5.91 Å². The zero-order valence-corrected chi connectivity index (χ0v) is 13.7. The van der Waals surface area contributed by atoms with Crippen LogP contribution in [0, 0.1) is 0 Å². The molecule has 0 spiro atoms. The molecule has 1 N–H and O–H groups in total. The smallest absolute Gasteiger partial charge is 0.248 e. The van der Waals surface area contributed by atoms with Crippen molar-refractivity contribution < 1.29 is 4.79 Å². The highest BCUT2D eigenvalue weighted by molar-refractivity contribution is 9.10. The predicted octanol–water partition coefficient (Wildman–Crippen LogP) is 5.22. The summed E-state index contributed by atoms with van der Waals surface area (Å²) < 4.78 is 1.02. The summed E-state index contributed by atoms with van der Waals surface area (Å²) in [5, 5.41) is 2.85. The summed E-state index contributed by atoms with van der Waals surface area (Å²) in [6.07, 6.45) is 3.34. The number of benzene rings is 2. The van der Waals surface area contributed by atoms with E-state index in [9.17, 15) is 4.79 Å². The van der Waals surface area contributed by atoms with E-state index >= 15 is 0 Å². The molecule has 3 heteroatoms. The maximum Gasteiger partial charge on any atom is 0.248 e. The summed E-state index contributed by atoms with van der Waals surface area (Å²) in [5.41, 5.74) is 3.06. The summed E-state index contributed by atoms with van der Waals surface area (Å²) >= 11 is 3.38. The Hall–Kier alpha value is -1.87. The van der Waals surface area contributed by atoms with Crippen LogP contribution >= 0.6 is 15.9 Å². The summed E-state index contributed by atoms with van der Waals surface area (Å²) in [4.78, 5) is 11.9. The monoisotopic (exact) mass is 343 g/mol. The first-order valence-corrected chi connectivity index (χ1v) is 7.68. The van der Waals surface area contributed by atoms with Crippen molar-refractivity contribution in [1.82, 2.24) is 0 Å². The number of nitrogens with one attached hydrogen (secondary N) is 1. The first kappa shape index (κ1) is 15.5. The second kappa shape index (κ2) is 7.23. The average Bonchev–Trinajstić information content (AvgIpc) is 2.47. The zero-order chi connectivity index (χ0) is 15.2. The van der Waals surface area contributed by atoms with Crippen LogP contribution in [0.2, 0.25) is 0 Å². The number of rotatable bonds is 4. The lowest BCUT2D eigenvalue weighted by Gasteiger charge is -2.07. The van der Waals surface area contributed by atoms with Crippen LogP contribution in [0.15, 0.2) is 59.1 Å². The minimum atomic E-state index is -0.129. The van der Waals surface area contributed by atoms with Crippen molar-refractivity contribution in [3.63, 3.8) is 0 Å². The van der Waals surface area contributed by atoms with Crippen molar-refractivity contribution in [2.45, 2.75) is 19.8 Å². The van der Waals surface area contributed by atoms with Gasteiger partial charge in [-0.05, 0) is 47.4 Å². The number of hydrogen-bond acceptors (Lipinski definition) is 1. The Kier molecular flexibility index (Phi) is 5.34. The highest BCUT2D eigenvalue weighted by Gasteiger charge is 2.01.